The summed E-state index contributed by atoms with van der Waals surface area (Å²) in [5.74, 6) is 0.0184. The van der Waals surface area contributed by atoms with Gasteiger partial charge < -0.3 is 24.7 Å². The van der Waals surface area contributed by atoms with Crippen molar-refractivity contribution in [2.45, 2.75) is 25.8 Å². The quantitative estimate of drug-likeness (QED) is 0.322. The molecule has 4 heterocycles. The first-order valence-electron chi connectivity index (χ1n) is 12.1. The molecule has 0 radical (unpaired) electrons. The fourth-order valence-corrected chi connectivity index (χ4v) is 5.09. The maximum atomic E-state index is 13.4. The zero-order valence-corrected chi connectivity index (χ0v) is 22.1. The van der Waals surface area contributed by atoms with Crippen molar-refractivity contribution in [1.29, 1.82) is 0 Å². The van der Waals surface area contributed by atoms with E-state index >= 15 is 0 Å². The van der Waals surface area contributed by atoms with E-state index in [0.29, 0.717) is 39.6 Å². The van der Waals surface area contributed by atoms with Crippen LogP contribution in [0.2, 0.25) is 10.0 Å². The predicted octanol–water partition coefficient (Wildman–Crippen LogP) is 4.89. The molecule has 1 aliphatic heterocycles. The number of hydrogen-bond acceptors (Lipinski definition) is 8. The van der Waals surface area contributed by atoms with Crippen LogP contribution in [-0.4, -0.2) is 46.3 Å². The van der Waals surface area contributed by atoms with Crippen molar-refractivity contribution in [2.75, 3.05) is 30.4 Å². The molecule has 38 heavy (non-hydrogen) atoms. The molecule has 1 fully saturated rings. The molecule has 0 aliphatic carbocycles. The number of nitrogen functional groups attached to an aromatic ring is 1. The van der Waals surface area contributed by atoms with Crippen molar-refractivity contribution >= 4 is 51.6 Å². The average molecular weight is 554 g/mol. The number of fused-ring (bicyclic) bond motifs is 1. The van der Waals surface area contributed by atoms with Gasteiger partial charge in [0.2, 0.25) is 11.3 Å². The van der Waals surface area contributed by atoms with Crippen molar-refractivity contribution in [3.05, 3.63) is 80.8 Å². The number of benzene rings is 1. The minimum Gasteiger partial charge on any atom is -0.474 e. The number of halogens is 2. The Morgan fingerprint density at radius 1 is 1.18 bits per heavy atom. The molecule has 0 amide bonds. The van der Waals surface area contributed by atoms with Gasteiger partial charge in [-0.2, -0.15) is 0 Å². The van der Waals surface area contributed by atoms with Gasteiger partial charge in [0.15, 0.2) is 0 Å². The van der Waals surface area contributed by atoms with E-state index in [1.807, 2.05) is 6.07 Å². The summed E-state index contributed by atoms with van der Waals surface area (Å²) in [7, 11) is 0. The zero-order valence-electron chi connectivity index (χ0n) is 20.6. The number of nitrogens with zero attached hydrogens (tertiary/aromatic N) is 4. The van der Waals surface area contributed by atoms with E-state index in [4.69, 9.17) is 38.4 Å². The summed E-state index contributed by atoms with van der Waals surface area (Å²) in [6, 6.07) is 10.4. The number of pyridine rings is 3. The molecular formula is C27H25Cl2N5O4. The molecule has 4 aromatic rings. The highest BCUT2D eigenvalue weighted by Gasteiger charge is 2.29. The summed E-state index contributed by atoms with van der Waals surface area (Å²) < 4.78 is 12.8. The van der Waals surface area contributed by atoms with Gasteiger partial charge in [-0.05, 0) is 56.2 Å². The topological polar surface area (TPSA) is 113 Å². The number of carbonyl (C=O) groups excluding carboxylic acids is 1. The lowest BCUT2D eigenvalue weighted by Gasteiger charge is -2.28. The van der Waals surface area contributed by atoms with E-state index in [9.17, 15) is 9.59 Å². The Kier molecular flexibility index (Phi) is 7.40. The summed E-state index contributed by atoms with van der Waals surface area (Å²) in [6.07, 6.45) is 6.50. The molecule has 5 rings (SSSR count). The number of nitrogens with two attached hydrogens (primary N) is 1. The average Bonchev–Trinajstić information content (AvgIpc) is 3.37. The number of esters is 1. The fourth-order valence-electron chi connectivity index (χ4n) is 4.64. The first kappa shape index (κ1) is 25.8. The highest BCUT2D eigenvalue weighted by molar-refractivity contribution is 6.34. The second-order valence-electron chi connectivity index (χ2n) is 8.82. The lowest BCUT2D eigenvalue weighted by Crippen LogP contribution is -2.34. The van der Waals surface area contributed by atoms with Crippen LogP contribution in [0.1, 0.15) is 30.1 Å². The Morgan fingerprint density at radius 3 is 2.76 bits per heavy atom. The number of ether oxygens (including phenoxy) is 2. The first-order valence-corrected chi connectivity index (χ1v) is 12.9. The van der Waals surface area contributed by atoms with Gasteiger partial charge in [0.1, 0.15) is 23.0 Å². The molecule has 1 saturated heterocycles. The van der Waals surface area contributed by atoms with Crippen molar-refractivity contribution in [1.82, 2.24) is 14.5 Å². The van der Waals surface area contributed by atoms with Crippen molar-refractivity contribution < 1.29 is 14.3 Å². The Bertz CT molecular complexity index is 1560. The highest BCUT2D eigenvalue weighted by Crippen LogP contribution is 2.36. The van der Waals surface area contributed by atoms with E-state index in [0.717, 1.165) is 25.1 Å². The number of carbonyl (C=O) groups is 1. The van der Waals surface area contributed by atoms with Gasteiger partial charge in [-0.3, -0.25) is 4.79 Å². The number of anilines is 2. The summed E-state index contributed by atoms with van der Waals surface area (Å²) in [5.41, 5.74) is 7.16. The van der Waals surface area contributed by atoms with E-state index in [-0.39, 0.29) is 23.6 Å². The molecule has 1 atom stereocenters. The lowest BCUT2D eigenvalue weighted by atomic mass is 10.1. The first-order chi connectivity index (χ1) is 18.4. The largest absolute Gasteiger partial charge is 0.474 e. The van der Waals surface area contributed by atoms with Crippen LogP contribution in [0, 0.1) is 0 Å². The summed E-state index contributed by atoms with van der Waals surface area (Å²) in [6.45, 7) is 2.94. The minimum atomic E-state index is -0.707. The van der Waals surface area contributed by atoms with Gasteiger partial charge in [0.25, 0.3) is 0 Å². The molecule has 1 aromatic carbocycles. The molecule has 9 nitrogen and oxygen atoms in total. The Balaban J connectivity index is 1.59. The van der Waals surface area contributed by atoms with Gasteiger partial charge in [0, 0.05) is 24.3 Å². The standard InChI is InChI=1S/C27H25Cl2N5O4/c1-2-37-27(36)19-14-34(16-7-8-24(30)32-13-16)22-12-23(21(29)11-18(22)25(19)35)33-10-4-5-17(33)15-38-26-20(28)6-3-9-31-26/h3,6-9,11-14,17H,2,4-5,10,15H2,1H3,(H2,30,32)/t17-/m1/s1. The minimum absolute atomic E-state index is 0.0141. The lowest BCUT2D eigenvalue weighted by molar-refractivity contribution is 0.0524. The van der Waals surface area contributed by atoms with Gasteiger partial charge >= 0.3 is 5.97 Å². The van der Waals surface area contributed by atoms with Gasteiger partial charge in [-0.1, -0.05) is 23.2 Å². The monoisotopic (exact) mass is 553 g/mol. The molecule has 0 bridgehead atoms. The van der Waals surface area contributed by atoms with Crippen LogP contribution >= 0.6 is 23.2 Å². The third kappa shape index (κ3) is 4.99. The number of rotatable bonds is 7. The van der Waals surface area contributed by atoms with Crippen LogP contribution in [0.5, 0.6) is 5.88 Å². The van der Waals surface area contributed by atoms with Crippen molar-refractivity contribution in [3.8, 4) is 11.6 Å². The molecule has 11 heteroatoms. The van der Waals surface area contributed by atoms with Crippen LogP contribution in [0.15, 0.2) is 59.8 Å². The number of hydrogen-bond donors (Lipinski definition) is 1. The van der Waals surface area contributed by atoms with Gasteiger partial charge in [-0.15, -0.1) is 0 Å². The normalized spacial score (nSPS) is 15.1. The van der Waals surface area contributed by atoms with Gasteiger partial charge in [-0.25, -0.2) is 14.8 Å². The molecule has 0 saturated carbocycles. The van der Waals surface area contributed by atoms with E-state index in [2.05, 4.69) is 14.9 Å². The molecule has 196 valence electrons. The molecular weight excluding hydrogens is 529 g/mol. The molecule has 0 spiro atoms. The molecule has 3 aromatic heterocycles. The SMILES string of the molecule is CCOC(=O)c1cn(-c2ccc(N)nc2)c2cc(N3CCC[C@@H]3COc3ncccc3Cl)c(Cl)cc2c1=O. The summed E-state index contributed by atoms with van der Waals surface area (Å²) in [5, 5.41) is 1.12. The molecule has 0 unspecified atom stereocenters. The van der Waals surface area contributed by atoms with E-state index < -0.39 is 11.4 Å². The maximum Gasteiger partial charge on any atom is 0.343 e. The molecule has 2 N–H and O–H groups in total. The third-order valence-corrected chi connectivity index (χ3v) is 7.03. The zero-order chi connectivity index (χ0) is 26.8. The van der Waals surface area contributed by atoms with Gasteiger partial charge in [0.05, 0.1) is 40.8 Å². The fraction of sp³-hybridized carbons (Fsp3) is 0.259. The van der Waals surface area contributed by atoms with Crippen LogP contribution in [0.3, 0.4) is 0 Å². The second kappa shape index (κ2) is 10.9. The Hall–Kier alpha value is -3.82. The molecule has 1 aliphatic rings. The second-order valence-corrected chi connectivity index (χ2v) is 9.63. The maximum absolute atomic E-state index is 13.4. The van der Waals surface area contributed by atoms with Crippen LogP contribution in [-0.2, 0) is 4.74 Å². The van der Waals surface area contributed by atoms with Crippen LogP contribution in [0.25, 0.3) is 16.6 Å². The summed E-state index contributed by atoms with van der Waals surface area (Å²) >= 11 is 13.0. The Morgan fingerprint density at radius 2 is 2.03 bits per heavy atom. The Labute approximate surface area is 228 Å². The van der Waals surface area contributed by atoms with Crippen molar-refractivity contribution in [3.63, 3.8) is 0 Å². The third-order valence-electron chi connectivity index (χ3n) is 6.44. The van der Waals surface area contributed by atoms with Crippen molar-refractivity contribution in [2.24, 2.45) is 0 Å². The number of aromatic nitrogens is 3. The highest BCUT2D eigenvalue weighted by atomic mass is 35.5. The van der Waals surface area contributed by atoms with Crippen LogP contribution < -0.4 is 20.8 Å². The smallest absolute Gasteiger partial charge is 0.343 e. The van der Waals surface area contributed by atoms with Crippen LogP contribution in [0.4, 0.5) is 11.5 Å². The summed E-state index contributed by atoms with van der Waals surface area (Å²) in [4.78, 5) is 36.5. The predicted molar refractivity (Wildman–Crippen MR) is 148 cm³/mol. The van der Waals surface area contributed by atoms with E-state index in [1.54, 1.807) is 54.2 Å². The van der Waals surface area contributed by atoms with E-state index in [1.165, 1.54) is 6.20 Å².